The standard InChI is InChI=1S/C20H23NO3/c1-4-7-21-12-16-11-19(5-6-20(16,24-19)18(21)22)13-23-17-9-14(2)8-15(3)10-17/h4-6,8-10,16H,1,7,11-13H2,2-3H3/t16-,19+,20-/m1/s1. The molecule has 0 unspecified atom stereocenters. The van der Waals surface area contributed by atoms with E-state index in [1.54, 1.807) is 6.08 Å². The Balaban J connectivity index is 1.49. The molecular weight excluding hydrogens is 302 g/mol. The van der Waals surface area contributed by atoms with Crippen LogP contribution >= 0.6 is 0 Å². The maximum absolute atomic E-state index is 12.7. The number of hydrogen-bond acceptors (Lipinski definition) is 3. The van der Waals surface area contributed by atoms with E-state index in [0.29, 0.717) is 13.2 Å². The number of carbonyl (C=O) groups is 1. The first-order valence-electron chi connectivity index (χ1n) is 8.48. The van der Waals surface area contributed by atoms with Crippen LogP contribution in [0.4, 0.5) is 0 Å². The van der Waals surface area contributed by atoms with E-state index in [2.05, 4.69) is 26.5 Å². The molecule has 3 atom stereocenters. The van der Waals surface area contributed by atoms with Crippen LogP contribution in [0.15, 0.2) is 43.0 Å². The Bertz CT molecular complexity index is 720. The Kier molecular flexibility index (Phi) is 3.36. The number of carbonyl (C=O) groups excluding carboxylic acids is 1. The first-order chi connectivity index (χ1) is 11.5. The molecule has 1 spiro atoms. The fourth-order valence-corrected chi connectivity index (χ4v) is 4.34. The van der Waals surface area contributed by atoms with Crippen molar-refractivity contribution in [3.8, 4) is 5.75 Å². The lowest BCUT2D eigenvalue weighted by molar-refractivity contribution is -0.147. The second-order valence-electron chi connectivity index (χ2n) is 7.31. The molecule has 2 fully saturated rings. The van der Waals surface area contributed by atoms with Gasteiger partial charge in [0.1, 0.15) is 18.0 Å². The summed E-state index contributed by atoms with van der Waals surface area (Å²) < 4.78 is 12.3. The van der Waals surface area contributed by atoms with Crippen molar-refractivity contribution in [1.82, 2.24) is 4.90 Å². The maximum atomic E-state index is 12.7. The van der Waals surface area contributed by atoms with Crippen LogP contribution in [0.1, 0.15) is 17.5 Å². The van der Waals surface area contributed by atoms with Gasteiger partial charge in [-0.05, 0) is 55.7 Å². The normalized spacial score (nSPS) is 33.2. The Hall–Kier alpha value is -2.07. The van der Waals surface area contributed by atoms with E-state index in [4.69, 9.17) is 9.47 Å². The minimum Gasteiger partial charge on any atom is -0.490 e. The van der Waals surface area contributed by atoms with Gasteiger partial charge in [0.15, 0.2) is 5.60 Å². The first-order valence-corrected chi connectivity index (χ1v) is 8.48. The number of ether oxygens (including phenoxy) is 2. The molecule has 0 radical (unpaired) electrons. The highest BCUT2D eigenvalue weighted by molar-refractivity contribution is 5.92. The fourth-order valence-electron chi connectivity index (χ4n) is 4.34. The topological polar surface area (TPSA) is 38.8 Å². The summed E-state index contributed by atoms with van der Waals surface area (Å²) in [5.74, 6) is 1.13. The van der Waals surface area contributed by atoms with Gasteiger partial charge in [0.25, 0.3) is 5.91 Å². The van der Waals surface area contributed by atoms with Crippen LogP contribution in [0.5, 0.6) is 5.75 Å². The van der Waals surface area contributed by atoms with Crippen molar-refractivity contribution >= 4 is 5.91 Å². The second kappa shape index (κ2) is 5.21. The zero-order valence-corrected chi connectivity index (χ0v) is 14.2. The van der Waals surface area contributed by atoms with Crippen LogP contribution in [-0.2, 0) is 9.53 Å². The third-order valence-corrected chi connectivity index (χ3v) is 5.30. The lowest BCUT2D eigenvalue weighted by atomic mass is 9.81. The van der Waals surface area contributed by atoms with Gasteiger partial charge < -0.3 is 14.4 Å². The molecule has 1 aromatic carbocycles. The molecule has 3 aliphatic rings. The summed E-state index contributed by atoms with van der Waals surface area (Å²) in [6.07, 6.45) is 6.58. The predicted molar refractivity (Wildman–Crippen MR) is 92.0 cm³/mol. The molecule has 4 nitrogen and oxygen atoms in total. The summed E-state index contributed by atoms with van der Waals surface area (Å²) in [6.45, 7) is 9.62. The third kappa shape index (κ3) is 2.20. The highest BCUT2D eigenvalue weighted by atomic mass is 16.6. The lowest BCUT2D eigenvalue weighted by Gasteiger charge is -2.26. The Morgan fingerprint density at radius 2 is 2.08 bits per heavy atom. The molecule has 0 aromatic heterocycles. The summed E-state index contributed by atoms with van der Waals surface area (Å²) in [4.78, 5) is 14.6. The smallest absolute Gasteiger partial charge is 0.259 e. The second-order valence-corrected chi connectivity index (χ2v) is 7.31. The van der Waals surface area contributed by atoms with E-state index in [1.165, 1.54) is 11.1 Å². The Morgan fingerprint density at radius 3 is 2.75 bits per heavy atom. The minimum atomic E-state index is -0.769. The van der Waals surface area contributed by atoms with Gasteiger partial charge in [-0.25, -0.2) is 0 Å². The van der Waals surface area contributed by atoms with E-state index >= 15 is 0 Å². The van der Waals surface area contributed by atoms with Crippen LogP contribution in [0.3, 0.4) is 0 Å². The van der Waals surface area contributed by atoms with E-state index in [9.17, 15) is 4.79 Å². The summed E-state index contributed by atoms with van der Waals surface area (Å²) in [5, 5.41) is 0. The Labute approximate surface area is 142 Å². The molecule has 3 aliphatic heterocycles. The molecule has 4 heteroatoms. The molecule has 0 N–H and O–H groups in total. The van der Waals surface area contributed by atoms with Crippen molar-refractivity contribution in [3.05, 3.63) is 54.1 Å². The molecule has 3 heterocycles. The van der Waals surface area contributed by atoms with Crippen molar-refractivity contribution in [2.45, 2.75) is 31.5 Å². The van der Waals surface area contributed by atoms with Gasteiger partial charge in [0.2, 0.25) is 0 Å². The quantitative estimate of drug-likeness (QED) is 0.782. The molecule has 2 saturated heterocycles. The zero-order valence-electron chi connectivity index (χ0n) is 14.2. The van der Waals surface area contributed by atoms with Gasteiger partial charge >= 0.3 is 0 Å². The van der Waals surface area contributed by atoms with Gasteiger partial charge in [-0.1, -0.05) is 12.1 Å². The molecule has 1 aromatic rings. The number of nitrogens with zero attached hydrogens (tertiary/aromatic N) is 1. The van der Waals surface area contributed by atoms with E-state index in [-0.39, 0.29) is 11.8 Å². The molecule has 24 heavy (non-hydrogen) atoms. The van der Waals surface area contributed by atoms with Gasteiger partial charge in [-0.15, -0.1) is 6.58 Å². The molecule has 1 amide bonds. The van der Waals surface area contributed by atoms with Crippen LogP contribution in [0.2, 0.25) is 0 Å². The lowest BCUT2D eigenvalue weighted by Crippen LogP contribution is -2.41. The number of hydrogen-bond donors (Lipinski definition) is 0. The van der Waals surface area contributed by atoms with Gasteiger partial charge in [-0.2, -0.15) is 0 Å². The fraction of sp³-hybridized carbons (Fsp3) is 0.450. The van der Waals surface area contributed by atoms with Gasteiger partial charge in [0.05, 0.1) is 0 Å². The number of likely N-dealkylation sites (tertiary alicyclic amines) is 1. The highest BCUT2D eigenvalue weighted by Gasteiger charge is 2.66. The third-order valence-electron chi connectivity index (χ3n) is 5.30. The molecule has 0 saturated carbocycles. The monoisotopic (exact) mass is 325 g/mol. The van der Waals surface area contributed by atoms with Gasteiger partial charge in [-0.3, -0.25) is 4.79 Å². The summed E-state index contributed by atoms with van der Waals surface area (Å²) >= 11 is 0. The average molecular weight is 325 g/mol. The maximum Gasteiger partial charge on any atom is 0.259 e. The zero-order chi connectivity index (χ0) is 16.9. The van der Waals surface area contributed by atoms with Crippen LogP contribution in [-0.4, -0.2) is 41.7 Å². The largest absolute Gasteiger partial charge is 0.490 e. The predicted octanol–water partition coefficient (Wildman–Crippen LogP) is 2.79. The van der Waals surface area contributed by atoms with Crippen LogP contribution in [0, 0.1) is 19.8 Å². The molecule has 4 rings (SSSR count). The summed E-state index contributed by atoms with van der Waals surface area (Å²) in [5.41, 5.74) is 1.12. The summed E-state index contributed by atoms with van der Waals surface area (Å²) in [6, 6.07) is 6.19. The average Bonchev–Trinajstić information content (AvgIpc) is 3.13. The van der Waals surface area contributed by atoms with Crippen molar-refractivity contribution in [1.29, 1.82) is 0 Å². The number of rotatable bonds is 5. The molecule has 0 aliphatic carbocycles. The molecule has 126 valence electrons. The van der Waals surface area contributed by atoms with E-state index in [0.717, 1.165) is 18.7 Å². The SMILES string of the molecule is C=CCN1C[C@H]2C[C@]3(COc4cc(C)cc(C)c4)C=C[C@]2(O3)C1=O. The number of aryl methyl sites for hydroxylation is 2. The van der Waals surface area contributed by atoms with Crippen LogP contribution in [0.25, 0.3) is 0 Å². The molecule has 2 bridgehead atoms. The minimum absolute atomic E-state index is 0.0643. The van der Waals surface area contributed by atoms with E-state index in [1.807, 2.05) is 29.2 Å². The number of fused-ring (bicyclic) bond motifs is 1. The van der Waals surface area contributed by atoms with Crippen molar-refractivity contribution < 1.29 is 14.3 Å². The van der Waals surface area contributed by atoms with Crippen LogP contribution < -0.4 is 4.74 Å². The van der Waals surface area contributed by atoms with E-state index < -0.39 is 11.2 Å². The first kappa shape index (κ1) is 15.5. The molecular formula is C20H23NO3. The Morgan fingerprint density at radius 1 is 1.33 bits per heavy atom. The number of amides is 1. The summed E-state index contributed by atoms with van der Waals surface area (Å²) in [7, 11) is 0. The van der Waals surface area contributed by atoms with Crippen molar-refractivity contribution in [2.75, 3.05) is 19.7 Å². The highest BCUT2D eigenvalue weighted by Crippen LogP contribution is 2.53. The van der Waals surface area contributed by atoms with Gasteiger partial charge in [0, 0.05) is 19.0 Å². The number of benzene rings is 1. The van der Waals surface area contributed by atoms with Crippen molar-refractivity contribution in [2.24, 2.45) is 5.92 Å². The van der Waals surface area contributed by atoms with Crippen molar-refractivity contribution in [3.63, 3.8) is 0 Å².